The number of hydrogen-bond acceptors (Lipinski definition) is 4. The molecule has 1 aliphatic heterocycles. The van der Waals surface area contributed by atoms with Gasteiger partial charge in [-0.3, -0.25) is 9.59 Å². The molecule has 0 aromatic carbocycles. The molecule has 5 nitrogen and oxygen atoms in total. The summed E-state index contributed by atoms with van der Waals surface area (Å²) in [6.07, 6.45) is 2.63. The molecular formula is C12H19N3O2S. The van der Waals surface area contributed by atoms with Crippen LogP contribution in [0.4, 0.5) is 0 Å². The highest BCUT2D eigenvalue weighted by atomic mass is 32.1. The normalized spacial score (nSPS) is 18.5. The Morgan fingerprint density at radius 1 is 1.50 bits per heavy atom. The molecule has 0 atom stereocenters. The van der Waals surface area contributed by atoms with Crippen molar-refractivity contribution in [2.75, 3.05) is 13.1 Å². The molecule has 6 heteroatoms. The van der Waals surface area contributed by atoms with Gasteiger partial charge in [-0.05, 0) is 32.4 Å². The van der Waals surface area contributed by atoms with Crippen molar-refractivity contribution < 1.29 is 4.79 Å². The number of aromatic nitrogens is 1. The largest absolute Gasteiger partial charge is 0.350 e. The van der Waals surface area contributed by atoms with Crippen LogP contribution in [-0.2, 0) is 11.3 Å². The van der Waals surface area contributed by atoms with Crippen molar-refractivity contribution in [1.29, 1.82) is 0 Å². The minimum absolute atomic E-state index is 0.0775. The molecule has 0 spiro atoms. The fourth-order valence-electron chi connectivity index (χ4n) is 2.41. The minimum atomic E-state index is -0.235. The van der Waals surface area contributed by atoms with Gasteiger partial charge in [0.1, 0.15) is 0 Å². The maximum absolute atomic E-state index is 12.3. The average Bonchev–Trinajstić information content (AvgIpc) is 2.82. The molecule has 0 radical (unpaired) electrons. The first-order chi connectivity index (χ1) is 8.66. The number of carbonyl (C=O) groups is 1. The lowest BCUT2D eigenvalue weighted by atomic mass is 9.76. The number of piperidine rings is 1. The zero-order valence-electron chi connectivity index (χ0n) is 10.5. The van der Waals surface area contributed by atoms with Gasteiger partial charge in [-0.15, -0.1) is 0 Å². The molecule has 100 valence electrons. The third kappa shape index (κ3) is 2.81. The lowest BCUT2D eigenvalue weighted by molar-refractivity contribution is -0.133. The summed E-state index contributed by atoms with van der Waals surface area (Å²) in [6.45, 7) is 4.28. The Balaban J connectivity index is 1.95. The summed E-state index contributed by atoms with van der Waals surface area (Å²) in [6, 6.07) is 0. The van der Waals surface area contributed by atoms with E-state index in [0.717, 1.165) is 49.4 Å². The van der Waals surface area contributed by atoms with Crippen LogP contribution in [0.25, 0.3) is 0 Å². The van der Waals surface area contributed by atoms with Crippen molar-refractivity contribution in [3.8, 4) is 0 Å². The fourth-order valence-corrected chi connectivity index (χ4v) is 2.99. The van der Waals surface area contributed by atoms with E-state index in [4.69, 9.17) is 0 Å². The second-order valence-corrected chi connectivity index (χ2v) is 5.58. The number of rotatable bonds is 4. The zero-order chi connectivity index (χ0) is 13.0. The van der Waals surface area contributed by atoms with Crippen LogP contribution < -0.4 is 15.5 Å². The highest BCUT2D eigenvalue weighted by molar-refractivity contribution is 7.07. The van der Waals surface area contributed by atoms with Crippen LogP contribution in [-0.4, -0.2) is 24.0 Å². The first kappa shape index (κ1) is 13.3. The Hall–Kier alpha value is -1.14. The number of hydrogen-bond donors (Lipinski definition) is 3. The third-order valence-corrected chi connectivity index (χ3v) is 4.45. The van der Waals surface area contributed by atoms with Gasteiger partial charge in [-0.25, -0.2) is 0 Å². The Labute approximate surface area is 110 Å². The van der Waals surface area contributed by atoms with Crippen molar-refractivity contribution >= 4 is 17.2 Å². The van der Waals surface area contributed by atoms with Gasteiger partial charge in [-0.2, -0.15) is 0 Å². The summed E-state index contributed by atoms with van der Waals surface area (Å²) in [5.74, 6) is 0.110. The summed E-state index contributed by atoms with van der Waals surface area (Å²) >= 11 is 1.12. The Morgan fingerprint density at radius 3 is 2.78 bits per heavy atom. The molecule has 0 saturated carbocycles. The van der Waals surface area contributed by atoms with Gasteiger partial charge in [0.25, 0.3) is 0 Å². The van der Waals surface area contributed by atoms with E-state index in [1.165, 1.54) is 0 Å². The van der Waals surface area contributed by atoms with Gasteiger partial charge in [0, 0.05) is 11.1 Å². The molecular weight excluding hydrogens is 250 g/mol. The van der Waals surface area contributed by atoms with Gasteiger partial charge in [0.15, 0.2) is 0 Å². The van der Waals surface area contributed by atoms with Crippen LogP contribution in [0.15, 0.2) is 10.2 Å². The summed E-state index contributed by atoms with van der Waals surface area (Å²) in [5.41, 5.74) is 0.542. The van der Waals surface area contributed by atoms with Crippen molar-refractivity contribution in [2.24, 2.45) is 5.41 Å². The molecule has 1 aromatic rings. The van der Waals surface area contributed by atoms with Crippen LogP contribution in [0.1, 0.15) is 31.9 Å². The highest BCUT2D eigenvalue weighted by Gasteiger charge is 2.37. The second kappa shape index (κ2) is 5.67. The fraction of sp³-hybridized carbons (Fsp3) is 0.667. The predicted molar refractivity (Wildman–Crippen MR) is 71.6 cm³/mol. The van der Waals surface area contributed by atoms with Gasteiger partial charge >= 0.3 is 4.87 Å². The van der Waals surface area contributed by atoms with E-state index in [9.17, 15) is 9.59 Å². The number of H-pyrrole nitrogens is 1. The molecule has 0 bridgehead atoms. The summed E-state index contributed by atoms with van der Waals surface area (Å²) in [7, 11) is 0. The van der Waals surface area contributed by atoms with E-state index in [1.54, 1.807) is 5.38 Å². The first-order valence-corrected chi connectivity index (χ1v) is 7.20. The smallest absolute Gasteiger partial charge is 0.304 e. The van der Waals surface area contributed by atoms with E-state index in [-0.39, 0.29) is 16.2 Å². The van der Waals surface area contributed by atoms with E-state index >= 15 is 0 Å². The van der Waals surface area contributed by atoms with Crippen LogP contribution in [0.3, 0.4) is 0 Å². The molecule has 0 unspecified atom stereocenters. The topological polar surface area (TPSA) is 74.0 Å². The lowest BCUT2D eigenvalue weighted by Gasteiger charge is -2.35. The Bertz CT molecular complexity index is 460. The molecule has 1 fully saturated rings. The van der Waals surface area contributed by atoms with Crippen molar-refractivity contribution in [2.45, 2.75) is 32.7 Å². The lowest BCUT2D eigenvalue weighted by Crippen LogP contribution is -2.47. The molecule has 1 aromatic heterocycles. The van der Waals surface area contributed by atoms with Crippen LogP contribution in [0.5, 0.6) is 0 Å². The standard InChI is InChI=1S/C12H19N3O2S/c1-2-12(3-5-13-6-4-12)10(16)14-7-9-8-18-11(17)15-9/h8,13H,2-7H2,1H3,(H,14,16)(H,15,17). The van der Waals surface area contributed by atoms with Gasteiger partial charge < -0.3 is 15.6 Å². The van der Waals surface area contributed by atoms with E-state index < -0.39 is 0 Å². The average molecular weight is 269 g/mol. The summed E-state index contributed by atoms with van der Waals surface area (Å²) in [5, 5.41) is 7.98. The quantitative estimate of drug-likeness (QED) is 0.758. The second-order valence-electron chi connectivity index (χ2n) is 4.74. The maximum Gasteiger partial charge on any atom is 0.304 e. The molecule has 18 heavy (non-hydrogen) atoms. The molecule has 1 aliphatic rings. The number of amides is 1. The third-order valence-electron chi connectivity index (χ3n) is 3.73. The molecule has 1 amide bonds. The maximum atomic E-state index is 12.3. The summed E-state index contributed by atoms with van der Waals surface area (Å²) < 4.78 is 0. The van der Waals surface area contributed by atoms with Crippen LogP contribution >= 0.6 is 11.3 Å². The number of aromatic amines is 1. The Kier molecular flexibility index (Phi) is 4.19. The molecule has 1 saturated heterocycles. The van der Waals surface area contributed by atoms with Gasteiger partial charge in [-0.1, -0.05) is 18.3 Å². The Morgan fingerprint density at radius 2 is 2.22 bits per heavy atom. The highest BCUT2D eigenvalue weighted by Crippen LogP contribution is 2.32. The van der Waals surface area contributed by atoms with Crippen LogP contribution in [0, 0.1) is 5.41 Å². The predicted octanol–water partition coefficient (Wildman–Crippen LogP) is 0.832. The monoisotopic (exact) mass is 269 g/mol. The first-order valence-electron chi connectivity index (χ1n) is 6.32. The number of carbonyl (C=O) groups excluding carboxylic acids is 1. The van der Waals surface area contributed by atoms with Gasteiger partial charge in [0.2, 0.25) is 5.91 Å². The SMILES string of the molecule is CCC1(C(=O)NCc2csc(=O)[nH]2)CCNCC1. The molecule has 2 rings (SSSR count). The molecule has 3 N–H and O–H groups in total. The molecule has 2 heterocycles. The minimum Gasteiger partial charge on any atom is -0.350 e. The van der Waals surface area contributed by atoms with Crippen LogP contribution in [0.2, 0.25) is 0 Å². The van der Waals surface area contributed by atoms with Gasteiger partial charge in [0.05, 0.1) is 12.0 Å². The number of nitrogens with one attached hydrogen (secondary N) is 3. The molecule has 0 aliphatic carbocycles. The van der Waals surface area contributed by atoms with Crippen molar-refractivity contribution in [1.82, 2.24) is 15.6 Å². The number of thiazole rings is 1. The van der Waals surface area contributed by atoms with E-state index in [1.807, 2.05) is 0 Å². The zero-order valence-corrected chi connectivity index (χ0v) is 11.4. The van der Waals surface area contributed by atoms with E-state index in [0.29, 0.717) is 6.54 Å². The summed E-state index contributed by atoms with van der Waals surface area (Å²) in [4.78, 5) is 25.9. The van der Waals surface area contributed by atoms with Crippen molar-refractivity contribution in [3.05, 3.63) is 20.7 Å². The van der Waals surface area contributed by atoms with E-state index in [2.05, 4.69) is 22.5 Å². The van der Waals surface area contributed by atoms with Crippen molar-refractivity contribution in [3.63, 3.8) is 0 Å².